The van der Waals surface area contributed by atoms with Gasteiger partial charge in [0.15, 0.2) is 0 Å². The van der Waals surface area contributed by atoms with E-state index in [1.165, 1.54) is 0 Å². The minimum atomic E-state index is -0.833. The highest BCUT2D eigenvalue weighted by atomic mass is 16.5. The van der Waals surface area contributed by atoms with Crippen LogP contribution in [0, 0.1) is 12.3 Å². The van der Waals surface area contributed by atoms with Gasteiger partial charge in [-0.15, -0.1) is 6.42 Å². The number of carbonyl (C=O) groups is 1. The summed E-state index contributed by atoms with van der Waals surface area (Å²) in [5.41, 5.74) is 8.50. The minimum Gasteiger partial charge on any atom is -0.366 e. The monoisotopic (exact) mass is 158 g/mol. The predicted octanol–water partition coefficient (Wildman–Crippen LogP) is 0.0684. The molecule has 0 heterocycles. The van der Waals surface area contributed by atoms with Crippen LogP contribution in [0.3, 0.4) is 0 Å². The number of amides is 2. The van der Waals surface area contributed by atoms with Crippen molar-refractivity contribution in [3.05, 3.63) is 0 Å². The van der Waals surface area contributed by atoms with E-state index in [9.17, 15) is 0 Å². The van der Waals surface area contributed by atoms with Gasteiger partial charge in [0.05, 0.1) is 6.10 Å². The Morgan fingerprint density at radius 3 is 2.09 bits per heavy atom. The summed E-state index contributed by atoms with van der Waals surface area (Å²) in [5.74, 6) is 2.38. The Labute approximate surface area is 66.9 Å². The van der Waals surface area contributed by atoms with Gasteiger partial charge in [-0.3, -0.25) is 0 Å². The van der Waals surface area contributed by atoms with Crippen LogP contribution in [0.5, 0.6) is 0 Å². The fourth-order valence-electron chi connectivity index (χ4n) is 0.215. The first-order valence-corrected chi connectivity index (χ1v) is 3.10. The number of nitrogens with two attached hydrogens (primary N) is 2. The molecule has 4 N–H and O–H groups in total. The standard InChI is InChI=1S/C6H10O.CH4N2O/c1-4-5-7-6(2)3;2-1(3)4/h1,6H,5H2,2-3H3;(H4,2,3,4). The highest BCUT2D eigenvalue weighted by Crippen LogP contribution is 1.83. The van der Waals surface area contributed by atoms with Crippen LogP contribution in [0.25, 0.3) is 0 Å². The second kappa shape index (κ2) is 8.79. The van der Waals surface area contributed by atoms with E-state index in [-0.39, 0.29) is 6.10 Å². The number of primary amides is 2. The summed E-state index contributed by atoms with van der Waals surface area (Å²) in [5, 5.41) is 0. The lowest BCUT2D eigenvalue weighted by Gasteiger charge is -1.99. The molecular weight excluding hydrogens is 144 g/mol. The number of hydrogen-bond donors (Lipinski definition) is 2. The van der Waals surface area contributed by atoms with Crippen molar-refractivity contribution in [2.24, 2.45) is 11.5 Å². The first-order chi connectivity index (χ1) is 5.00. The molecule has 4 nitrogen and oxygen atoms in total. The van der Waals surface area contributed by atoms with Gasteiger partial charge in [0.2, 0.25) is 0 Å². The first-order valence-electron chi connectivity index (χ1n) is 3.10. The van der Waals surface area contributed by atoms with E-state index < -0.39 is 6.03 Å². The molecule has 0 bridgehead atoms. The molecule has 64 valence electrons. The minimum absolute atomic E-state index is 0.260. The van der Waals surface area contributed by atoms with Crippen molar-refractivity contribution < 1.29 is 9.53 Å². The van der Waals surface area contributed by atoms with Crippen molar-refractivity contribution >= 4 is 6.03 Å². The van der Waals surface area contributed by atoms with E-state index in [0.717, 1.165) is 0 Å². The molecule has 0 aliphatic heterocycles. The van der Waals surface area contributed by atoms with E-state index in [1.54, 1.807) is 0 Å². The molecule has 4 heteroatoms. The lowest BCUT2D eigenvalue weighted by molar-refractivity contribution is 0.107. The van der Waals surface area contributed by atoms with Crippen LogP contribution in [0.2, 0.25) is 0 Å². The van der Waals surface area contributed by atoms with Gasteiger partial charge < -0.3 is 16.2 Å². The maximum absolute atomic E-state index is 9.00. The van der Waals surface area contributed by atoms with Gasteiger partial charge in [0.1, 0.15) is 6.61 Å². The smallest absolute Gasteiger partial charge is 0.309 e. The number of ether oxygens (including phenoxy) is 1. The lowest BCUT2D eigenvalue weighted by Crippen LogP contribution is -2.18. The SMILES string of the molecule is C#CCOC(C)C.NC(N)=O. The third-order valence-corrected chi connectivity index (χ3v) is 0.500. The zero-order chi connectivity index (χ0) is 9.28. The second-order valence-electron chi connectivity index (χ2n) is 1.97. The molecule has 0 aliphatic rings. The lowest BCUT2D eigenvalue weighted by atomic mass is 10.5. The predicted molar refractivity (Wildman–Crippen MR) is 43.7 cm³/mol. The molecule has 0 spiro atoms. The molecule has 0 aromatic heterocycles. The van der Waals surface area contributed by atoms with E-state index in [4.69, 9.17) is 16.0 Å². The summed E-state index contributed by atoms with van der Waals surface area (Å²) in [7, 11) is 0. The third kappa shape index (κ3) is 52.1. The molecule has 0 aromatic carbocycles. The fourth-order valence-corrected chi connectivity index (χ4v) is 0.215. The van der Waals surface area contributed by atoms with E-state index in [0.29, 0.717) is 6.61 Å². The van der Waals surface area contributed by atoms with Crippen molar-refractivity contribution in [2.75, 3.05) is 6.61 Å². The zero-order valence-electron chi connectivity index (χ0n) is 6.83. The Balaban J connectivity index is 0. The molecule has 0 atom stereocenters. The number of terminal acetylenes is 1. The van der Waals surface area contributed by atoms with Gasteiger partial charge in [0.25, 0.3) is 0 Å². The highest BCUT2D eigenvalue weighted by Gasteiger charge is 1.85. The molecule has 11 heavy (non-hydrogen) atoms. The molecule has 0 aliphatic carbocycles. The summed E-state index contributed by atoms with van der Waals surface area (Å²) in [6.45, 7) is 4.34. The van der Waals surface area contributed by atoms with Crippen molar-refractivity contribution in [1.29, 1.82) is 0 Å². The van der Waals surface area contributed by atoms with E-state index in [2.05, 4.69) is 17.4 Å². The van der Waals surface area contributed by atoms with Gasteiger partial charge in [-0.25, -0.2) is 4.79 Å². The van der Waals surface area contributed by atoms with E-state index >= 15 is 0 Å². The summed E-state index contributed by atoms with van der Waals surface area (Å²) in [4.78, 5) is 9.00. The first kappa shape index (κ1) is 12.5. The Morgan fingerprint density at radius 1 is 1.64 bits per heavy atom. The molecule has 0 fully saturated rings. The summed E-state index contributed by atoms with van der Waals surface area (Å²) < 4.78 is 4.95. The fraction of sp³-hybridized carbons (Fsp3) is 0.571. The maximum Gasteiger partial charge on any atom is 0.309 e. The normalized spacial score (nSPS) is 7.82. The molecule has 0 rings (SSSR count). The van der Waals surface area contributed by atoms with Gasteiger partial charge >= 0.3 is 6.03 Å². The van der Waals surface area contributed by atoms with Crippen molar-refractivity contribution in [3.63, 3.8) is 0 Å². The quantitative estimate of drug-likeness (QED) is 0.558. The van der Waals surface area contributed by atoms with Gasteiger partial charge in [-0.1, -0.05) is 5.92 Å². The van der Waals surface area contributed by atoms with E-state index in [1.807, 2.05) is 13.8 Å². The topological polar surface area (TPSA) is 78.3 Å². The Hall–Kier alpha value is -1.21. The zero-order valence-corrected chi connectivity index (χ0v) is 6.83. The van der Waals surface area contributed by atoms with Gasteiger partial charge in [0, 0.05) is 0 Å². The van der Waals surface area contributed by atoms with Crippen LogP contribution >= 0.6 is 0 Å². The Morgan fingerprint density at radius 2 is 2.00 bits per heavy atom. The summed E-state index contributed by atoms with van der Waals surface area (Å²) in [6.07, 6.45) is 5.16. The van der Waals surface area contributed by atoms with Crippen LogP contribution in [-0.2, 0) is 4.74 Å². The third-order valence-electron chi connectivity index (χ3n) is 0.500. The van der Waals surface area contributed by atoms with Crippen LogP contribution in [0.15, 0.2) is 0 Å². The molecule has 2 amide bonds. The molecule has 0 aromatic rings. The number of rotatable bonds is 2. The number of urea groups is 1. The van der Waals surface area contributed by atoms with Crippen molar-refractivity contribution in [2.45, 2.75) is 20.0 Å². The molecular formula is C7H14N2O2. The summed E-state index contributed by atoms with van der Waals surface area (Å²) >= 11 is 0. The van der Waals surface area contributed by atoms with Crippen molar-refractivity contribution in [3.8, 4) is 12.3 Å². The maximum atomic E-state index is 9.00. The van der Waals surface area contributed by atoms with Crippen LogP contribution < -0.4 is 11.5 Å². The van der Waals surface area contributed by atoms with Crippen LogP contribution in [-0.4, -0.2) is 18.7 Å². The van der Waals surface area contributed by atoms with Gasteiger partial charge in [-0.2, -0.15) is 0 Å². The van der Waals surface area contributed by atoms with Crippen molar-refractivity contribution in [1.82, 2.24) is 0 Å². The molecule has 0 saturated carbocycles. The largest absolute Gasteiger partial charge is 0.366 e. The Kier molecular flexibility index (Phi) is 9.96. The average molecular weight is 158 g/mol. The van der Waals surface area contributed by atoms with Crippen LogP contribution in [0.4, 0.5) is 4.79 Å². The highest BCUT2D eigenvalue weighted by molar-refractivity contribution is 5.69. The number of hydrogen-bond acceptors (Lipinski definition) is 2. The second-order valence-corrected chi connectivity index (χ2v) is 1.97. The van der Waals surface area contributed by atoms with Crippen LogP contribution in [0.1, 0.15) is 13.8 Å². The van der Waals surface area contributed by atoms with Gasteiger partial charge in [-0.05, 0) is 13.8 Å². The molecule has 0 radical (unpaired) electrons. The summed E-state index contributed by atoms with van der Waals surface area (Å²) in [6, 6.07) is -0.833. The average Bonchev–Trinajstić information content (AvgIpc) is 1.82. The number of carbonyl (C=O) groups excluding carboxylic acids is 1. The Bertz CT molecular complexity index is 134. The molecule has 0 unspecified atom stereocenters. The molecule has 0 saturated heterocycles.